The lowest BCUT2D eigenvalue weighted by molar-refractivity contribution is -0.156. The molecule has 0 aromatic heterocycles. The molecule has 7 nitrogen and oxygen atoms in total. The van der Waals surface area contributed by atoms with Crippen LogP contribution in [0, 0.1) is 6.92 Å². The topological polar surface area (TPSA) is 84.9 Å². The van der Waals surface area contributed by atoms with Crippen molar-refractivity contribution in [2.75, 3.05) is 25.5 Å². The van der Waals surface area contributed by atoms with Crippen LogP contribution in [0.25, 0.3) is 0 Å². The van der Waals surface area contributed by atoms with Crippen molar-refractivity contribution in [1.82, 2.24) is 4.90 Å². The van der Waals surface area contributed by atoms with Crippen LogP contribution in [0.3, 0.4) is 0 Å². The van der Waals surface area contributed by atoms with Crippen molar-refractivity contribution < 1.29 is 23.9 Å². The fraction of sp³-hybridized carbons (Fsp3) is 0.526. The monoisotopic (exact) mass is 396 g/mol. The largest absolute Gasteiger partial charge is 0.495 e. The van der Waals surface area contributed by atoms with Crippen molar-refractivity contribution in [3.8, 4) is 5.75 Å². The van der Waals surface area contributed by atoms with E-state index in [4.69, 9.17) is 21.1 Å². The van der Waals surface area contributed by atoms with Crippen LogP contribution in [0.2, 0.25) is 5.02 Å². The van der Waals surface area contributed by atoms with Crippen LogP contribution in [0.4, 0.5) is 5.69 Å². The maximum Gasteiger partial charge on any atom is 0.326 e. The van der Waals surface area contributed by atoms with E-state index >= 15 is 0 Å². The number of rotatable bonds is 6. The number of esters is 1. The summed E-state index contributed by atoms with van der Waals surface area (Å²) in [5.74, 6) is -0.742. The molecule has 0 radical (unpaired) electrons. The third-order valence-electron chi connectivity index (χ3n) is 4.41. The van der Waals surface area contributed by atoms with Gasteiger partial charge in [-0.1, -0.05) is 18.0 Å². The van der Waals surface area contributed by atoms with Gasteiger partial charge in [-0.25, -0.2) is 0 Å². The molecule has 1 saturated heterocycles. The van der Waals surface area contributed by atoms with Crippen molar-refractivity contribution in [3.05, 3.63) is 22.7 Å². The lowest BCUT2D eigenvalue weighted by Gasteiger charge is -2.21. The lowest BCUT2D eigenvalue weighted by Crippen LogP contribution is -2.38. The fourth-order valence-corrected chi connectivity index (χ4v) is 2.97. The summed E-state index contributed by atoms with van der Waals surface area (Å²) in [5.41, 5.74) is 1.21. The fourth-order valence-electron chi connectivity index (χ4n) is 2.81. The van der Waals surface area contributed by atoms with Crippen LogP contribution in [0.1, 0.15) is 38.2 Å². The summed E-state index contributed by atoms with van der Waals surface area (Å²) in [6, 6.07) is 3.29. The van der Waals surface area contributed by atoms with Crippen molar-refractivity contribution in [2.45, 2.75) is 45.6 Å². The number of ether oxygens (including phenoxy) is 2. The zero-order valence-corrected chi connectivity index (χ0v) is 16.6. The average molecular weight is 397 g/mol. The molecule has 0 saturated carbocycles. The van der Waals surface area contributed by atoms with Crippen molar-refractivity contribution >= 4 is 35.1 Å². The molecule has 1 aromatic carbocycles. The number of halogens is 1. The molecule has 0 spiro atoms. The molecule has 1 heterocycles. The molecule has 27 heavy (non-hydrogen) atoms. The van der Waals surface area contributed by atoms with E-state index in [-0.39, 0.29) is 12.5 Å². The summed E-state index contributed by atoms with van der Waals surface area (Å²) in [6.45, 7) is 3.68. The third kappa shape index (κ3) is 5.85. The Labute approximate surface area is 163 Å². The van der Waals surface area contributed by atoms with Crippen molar-refractivity contribution in [1.29, 1.82) is 0 Å². The number of methoxy groups -OCH3 is 1. The van der Waals surface area contributed by atoms with Gasteiger partial charge in [0, 0.05) is 24.1 Å². The zero-order valence-electron chi connectivity index (χ0n) is 15.8. The van der Waals surface area contributed by atoms with Gasteiger partial charge in [-0.3, -0.25) is 14.4 Å². The van der Waals surface area contributed by atoms with E-state index in [0.29, 0.717) is 29.4 Å². The zero-order chi connectivity index (χ0) is 20.0. The van der Waals surface area contributed by atoms with E-state index in [1.807, 2.05) is 0 Å². The number of likely N-dealkylation sites (tertiary alicyclic amines) is 1. The van der Waals surface area contributed by atoms with Gasteiger partial charge in [0.25, 0.3) is 5.91 Å². The number of aryl methyl sites for hydroxylation is 1. The first-order chi connectivity index (χ1) is 12.8. The Hall–Kier alpha value is -2.28. The van der Waals surface area contributed by atoms with Gasteiger partial charge in [-0.2, -0.15) is 0 Å². The molecule has 0 bridgehead atoms. The van der Waals surface area contributed by atoms with Gasteiger partial charge in [0.1, 0.15) is 12.3 Å². The van der Waals surface area contributed by atoms with Crippen LogP contribution < -0.4 is 10.1 Å². The summed E-state index contributed by atoms with van der Waals surface area (Å²) < 4.78 is 10.4. The number of nitrogens with one attached hydrogen (secondary N) is 1. The van der Waals surface area contributed by atoms with Gasteiger partial charge in [-0.05, 0) is 38.3 Å². The molecule has 1 aromatic rings. The van der Waals surface area contributed by atoms with E-state index in [1.165, 1.54) is 18.9 Å². The molecule has 1 atom stereocenters. The predicted octanol–water partition coefficient (Wildman–Crippen LogP) is 2.93. The second-order valence-corrected chi connectivity index (χ2v) is 6.96. The standard InChI is InChI=1S/C19H25ClN2O5/c1-12-9-15(16(26-3)10-14(12)20)21-19(25)13(2)27-18(24)11-22-8-6-4-5-7-17(22)23/h9-10,13H,4-8,11H2,1-3H3,(H,21,25)/t13-/m1/s1. The van der Waals surface area contributed by atoms with E-state index in [2.05, 4.69) is 5.32 Å². The number of nitrogens with zero attached hydrogens (tertiary/aromatic N) is 1. The third-order valence-corrected chi connectivity index (χ3v) is 4.81. The molecule has 1 N–H and O–H groups in total. The molecule has 1 aliphatic heterocycles. The highest BCUT2D eigenvalue weighted by molar-refractivity contribution is 6.31. The molecule has 0 unspecified atom stereocenters. The summed E-state index contributed by atoms with van der Waals surface area (Å²) in [7, 11) is 1.47. The van der Waals surface area contributed by atoms with Gasteiger partial charge in [0.05, 0.1) is 12.8 Å². The maximum atomic E-state index is 12.4. The number of hydrogen-bond donors (Lipinski definition) is 1. The average Bonchev–Trinajstić information content (AvgIpc) is 2.82. The Balaban J connectivity index is 1.94. The summed E-state index contributed by atoms with van der Waals surface area (Å²) in [4.78, 5) is 37.9. The first-order valence-electron chi connectivity index (χ1n) is 8.94. The molecule has 148 valence electrons. The summed E-state index contributed by atoms with van der Waals surface area (Å²) in [5, 5.41) is 3.20. The van der Waals surface area contributed by atoms with Crippen LogP contribution in [-0.2, 0) is 19.1 Å². The molecule has 2 rings (SSSR count). The van der Waals surface area contributed by atoms with Crippen molar-refractivity contribution in [2.24, 2.45) is 0 Å². The molecule has 1 fully saturated rings. The van der Waals surface area contributed by atoms with Gasteiger partial charge in [-0.15, -0.1) is 0 Å². The first kappa shape index (κ1) is 21.0. The molecular formula is C19H25ClN2O5. The maximum absolute atomic E-state index is 12.4. The highest BCUT2D eigenvalue weighted by Gasteiger charge is 2.24. The minimum absolute atomic E-state index is 0.0528. The van der Waals surface area contributed by atoms with E-state index < -0.39 is 18.0 Å². The molecule has 1 aliphatic rings. The Morgan fingerprint density at radius 2 is 2.04 bits per heavy atom. The minimum Gasteiger partial charge on any atom is -0.495 e. The molecule has 8 heteroatoms. The molecule has 0 aliphatic carbocycles. The van der Waals surface area contributed by atoms with Gasteiger partial charge < -0.3 is 19.7 Å². The second kappa shape index (κ2) is 9.60. The number of hydrogen-bond acceptors (Lipinski definition) is 5. The number of carbonyl (C=O) groups is 3. The smallest absolute Gasteiger partial charge is 0.326 e. The van der Waals surface area contributed by atoms with E-state index in [1.54, 1.807) is 19.1 Å². The molecule has 2 amide bonds. The Kier molecular flexibility index (Phi) is 7.47. The summed E-state index contributed by atoms with van der Waals surface area (Å²) >= 11 is 6.05. The second-order valence-electron chi connectivity index (χ2n) is 6.55. The predicted molar refractivity (Wildman–Crippen MR) is 102 cm³/mol. The Bertz CT molecular complexity index is 722. The van der Waals surface area contributed by atoms with E-state index in [0.717, 1.165) is 24.8 Å². The quantitative estimate of drug-likeness (QED) is 0.747. The van der Waals surface area contributed by atoms with Gasteiger partial charge in [0.15, 0.2) is 6.10 Å². The number of carbonyl (C=O) groups excluding carboxylic acids is 3. The SMILES string of the molecule is COc1cc(Cl)c(C)cc1NC(=O)[C@@H](C)OC(=O)CN1CCCCCC1=O. The Morgan fingerprint density at radius 1 is 1.30 bits per heavy atom. The first-order valence-corrected chi connectivity index (χ1v) is 9.32. The van der Waals surface area contributed by atoms with Crippen LogP contribution >= 0.6 is 11.6 Å². The van der Waals surface area contributed by atoms with Crippen LogP contribution in [0.5, 0.6) is 5.75 Å². The van der Waals surface area contributed by atoms with Crippen molar-refractivity contribution in [3.63, 3.8) is 0 Å². The van der Waals surface area contributed by atoms with Crippen LogP contribution in [0.15, 0.2) is 12.1 Å². The van der Waals surface area contributed by atoms with Crippen LogP contribution in [-0.4, -0.2) is 49.0 Å². The summed E-state index contributed by atoms with van der Waals surface area (Å²) in [6.07, 6.45) is 2.11. The number of benzene rings is 1. The highest BCUT2D eigenvalue weighted by Crippen LogP contribution is 2.31. The van der Waals surface area contributed by atoms with Gasteiger partial charge in [0.2, 0.25) is 5.91 Å². The van der Waals surface area contributed by atoms with Gasteiger partial charge >= 0.3 is 5.97 Å². The normalized spacial score (nSPS) is 15.7. The number of anilines is 1. The Morgan fingerprint density at radius 3 is 2.74 bits per heavy atom. The van der Waals surface area contributed by atoms with E-state index in [9.17, 15) is 14.4 Å². The lowest BCUT2D eigenvalue weighted by atomic mass is 10.2. The molecular weight excluding hydrogens is 372 g/mol. The highest BCUT2D eigenvalue weighted by atomic mass is 35.5. The minimum atomic E-state index is -1.01. The number of amides is 2.